The van der Waals surface area contributed by atoms with Crippen LogP contribution in [0.25, 0.3) is 0 Å². The van der Waals surface area contributed by atoms with Crippen LogP contribution in [0.1, 0.15) is 22.4 Å². The lowest BCUT2D eigenvalue weighted by molar-refractivity contribution is -0.418. The number of carbonyl (C=O) groups is 2. The number of nitrogens with two attached hydrogens (primary N) is 2. The Bertz CT molecular complexity index is 911. The summed E-state index contributed by atoms with van der Waals surface area (Å²) in [6, 6.07) is 4.93. The minimum atomic E-state index is -1.61. The third-order valence-electron chi connectivity index (χ3n) is 4.07. The number of primary amides is 1. The van der Waals surface area contributed by atoms with Gasteiger partial charge in [0.2, 0.25) is 5.91 Å². The Balaban J connectivity index is 2.23. The molecule has 2 aromatic rings. The molecule has 0 aliphatic heterocycles. The Kier molecular flexibility index (Phi) is 6.71. The molecule has 0 saturated heterocycles. The van der Waals surface area contributed by atoms with E-state index in [1.807, 2.05) is 6.92 Å². The van der Waals surface area contributed by atoms with Crippen molar-refractivity contribution < 1.29 is 24.4 Å². The van der Waals surface area contributed by atoms with E-state index >= 15 is 0 Å². The number of aromatic nitrogens is 1. The van der Waals surface area contributed by atoms with E-state index < -0.39 is 24.0 Å². The average Bonchev–Trinajstić information content (AvgIpc) is 3.07. The molecular weight excluding hydrogens is 382 g/mol. The van der Waals surface area contributed by atoms with Crippen LogP contribution in [-0.2, 0) is 16.2 Å². The zero-order chi connectivity index (χ0) is 20.9. The van der Waals surface area contributed by atoms with E-state index in [9.17, 15) is 14.7 Å². The molecule has 1 unspecified atom stereocenters. The van der Waals surface area contributed by atoms with Crippen molar-refractivity contribution in [3.05, 3.63) is 39.8 Å². The summed E-state index contributed by atoms with van der Waals surface area (Å²) in [6.07, 6.45) is 1.75. The van der Waals surface area contributed by atoms with Crippen LogP contribution in [0.15, 0.2) is 24.4 Å². The summed E-state index contributed by atoms with van der Waals surface area (Å²) in [5.41, 5.74) is 10.5. The van der Waals surface area contributed by atoms with E-state index in [2.05, 4.69) is 15.3 Å². The molecule has 28 heavy (non-hydrogen) atoms. The Labute approximate surface area is 166 Å². The zero-order valence-electron chi connectivity index (χ0n) is 15.9. The number of benzene rings is 1. The van der Waals surface area contributed by atoms with Crippen LogP contribution < -0.4 is 26.5 Å². The summed E-state index contributed by atoms with van der Waals surface area (Å²) >= 11 is 1.53. The summed E-state index contributed by atoms with van der Waals surface area (Å²) in [7, 11) is 1.54. The Morgan fingerprint density at radius 3 is 2.68 bits per heavy atom. The quantitative estimate of drug-likeness (QED) is 0.264. The predicted molar refractivity (Wildman–Crippen MR) is 106 cm³/mol. The number of rotatable bonds is 8. The van der Waals surface area contributed by atoms with Gasteiger partial charge in [-0.1, -0.05) is 0 Å². The molecule has 0 saturated carbocycles. The number of hydrogen-bond donors (Lipinski definition) is 5. The number of carbonyl (C=O) groups excluding carboxylic acids is 2. The summed E-state index contributed by atoms with van der Waals surface area (Å²) in [5, 5.41) is 12.8. The van der Waals surface area contributed by atoms with Gasteiger partial charge >= 0.3 is 5.91 Å². The summed E-state index contributed by atoms with van der Waals surface area (Å²) < 4.78 is 5.76. The number of anilines is 1. The number of aryl methyl sites for hydroxylation is 1. The van der Waals surface area contributed by atoms with Gasteiger partial charge in [-0.2, -0.15) is 0 Å². The molecule has 0 aliphatic rings. The van der Waals surface area contributed by atoms with Gasteiger partial charge in [0.25, 0.3) is 5.71 Å². The van der Waals surface area contributed by atoms with Gasteiger partial charge in [0.1, 0.15) is 24.9 Å². The standard InChI is InChI=1S/C18H23N5O4S/c1-10-22-7-12(28-10)8-27-11-4-5-14(19)13(6-11)15(21-3)16(25)23-18(2,9-24)17(20)26/h4-7,24H,8-9,19H2,1-3H3,(H2,20,26)(H,23,25)/p+1. The third kappa shape index (κ3) is 4.84. The smallest absolute Gasteiger partial charge is 0.317 e. The zero-order valence-corrected chi connectivity index (χ0v) is 16.7. The van der Waals surface area contributed by atoms with Crippen LogP contribution in [0.2, 0.25) is 0 Å². The van der Waals surface area contributed by atoms with Gasteiger partial charge in [0, 0.05) is 11.9 Å². The first kappa shape index (κ1) is 21.3. The topological polar surface area (TPSA) is 155 Å². The SMILES string of the molecule is C[NH+]=C(C(=O)NC(C)(CO)C(N)=O)c1cc(OCc2cnc(C)s2)ccc1N. The van der Waals surface area contributed by atoms with Crippen molar-refractivity contribution in [1.82, 2.24) is 10.3 Å². The predicted octanol–water partition coefficient (Wildman–Crippen LogP) is -1.54. The van der Waals surface area contributed by atoms with Crippen molar-refractivity contribution in [1.29, 1.82) is 0 Å². The van der Waals surface area contributed by atoms with Gasteiger partial charge in [0.15, 0.2) is 0 Å². The first-order valence-electron chi connectivity index (χ1n) is 8.42. The molecule has 7 N–H and O–H groups in total. The number of aliphatic hydroxyl groups excluding tert-OH is 1. The van der Waals surface area contributed by atoms with Crippen molar-refractivity contribution in [3.63, 3.8) is 0 Å². The molecule has 1 heterocycles. The summed E-state index contributed by atoms with van der Waals surface area (Å²) in [5.74, 6) is -0.987. The van der Waals surface area contributed by atoms with Crippen molar-refractivity contribution in [2.45, 2.75) is 26.0 Å². The van der Waals surface area contributed by atoms with Crippen LogP contribution in [0.3, 0.4) is 0 Å². The second kappa shape index (κ2) is 8.81. The maximum absolute atomic E-state index is 12.7. The van der Waals surface area contributed by atoms with E-state index in [4.69, 9.17) is 16.2 Å². The summed E-state index contributed by atoms with van der Waals surface area (Å²) in [6.45, 7) is 2.94. The molecule has 0 fully saturated rings. The Morgan fingerprint density at radius 1 is 1.43 bits per heavy atom. The van der Waals surface area contributed by atoms with Crippen LogP contribution in [0, 0.1) is 6.92 Å². The highest BCUT2D eigenvalue weighted by atomic mass is 32.1. The second-order valence-electron chi connectivity index (χ2n) is 6.32. The number of nitrogens with zero attached hydrogens (tertiary/aromatic N) is 1. The fourth-order valence-corrected chi connectivity index (χ4v) is 3.04. The Hall–Kier alpha value is -2.98. The number of ether oxygens (including phenoxy) is 1. The fraction of sp³-hybridized carbons (Fsp3) is 0.333. The van der Waals surface area contributed by atoms with Crippen molar-refractivity contribution in [3.8, 4) is 5.75 Å². The summed E-state index contributed by atoms with van der Waals surface area (Å²) in [4.78, 5) is 32.1. The number of nitrogen functional groups attached to an aromatic ring is 1. The lowest BCUT2D eigenvalue weighted by atomic mass is 10.0. The molecule has 1 aromatic heterocycles. The highest BCUT2D eigenvalue weighted by Gasteiger charge is 2.35. The molecule has 10 heteroatoms. The molecule has 1 atom stereocenters. The van der Waals surface area contributed by atoms with Crippen molar-refractivity contribution in [2.24, 2.45) is 5.73 Å². The van der Waals surface area contributed by atoms with Crippen molar-refractivity contribution >= 4 is 34.6 Å². The van der Waals surface area contributed by atoms with Crippen LogP contribution in [0.5, 0.6) is 5.75 Å². The lowest BCUT2D eigenvalue weighted by Crippen LogP contribution is -2.73. The van der Waals surface area contributed by atoms with Gasteiger partial charge < -0.3 is 26.6 Å². The fourth-order valence-electron chi connectivity index (χ4n) is 2.33. The molecular formula is C18H24N5O4S+. The van der Waals surface area contributed by atoms with Crippen LogP contribution >= 0.6 is 11.3 Å². The molecule has 9 nitrogen and oxygen atoms in total. The van der Waals surface area contributed by atoms with Crippen LogP contribution in [0.4, 0.5) is 5.69 Å². The largest absolute Gasteiger partial charge is 0.488 e. The van der Waals surface area contributed by atoms with Gasteiger partial charge in [-0.15, -0.1) is 11.3 Å². The molecule has 0 radical (unpaired) electrons. The van der Waals surface area contributed by atoms with Crippen LogP contribution in [-0.4, -0.2) is 46.8 Å². The highest BCUT2D eigenvalue weighted by molar-refractivity contribution is 7.11. The molecule has 1 aromatic carbocycles. The number of hydrogen-bond acceptors (Lipinski definition) is 7. The number of amides is 2. The molecule has 150 valence electrons. The first-order valence-corrected chi connectivity index (χ1v) is 9.23. The van der Waals surface area contributed by atoms with E-state index in [1.54, 1.807) is 31.4 Å². The molecule has 0 aliphatic carbocycles. The first-order chi connectivity index (χ1) is 13.2. The van der Waals surface area contributed by atoms with Gasteiger partial charge in [-0.25, -0.2) is 9.98 Å². The normalized spacial score (nSPS) is 13.6. The number of nitrogens with one attached hydrogen (secondary N) is 2. The van der Waals surface area contributed by atoms with E-state index in [0.717, 1.165) is 9.88 Å². The molecule has 2 amide bonds. The third-order valence-corrected chi connectivity index (χ3v) is 4.96. The van der Waals surface area contributed by atoms with Gasteiger partial charge in [0.05, 0.1) is 22.1 Å². The Morgan fingerprint density at radius 2 is 2.14 bits per heavy atom. The van der Waals surface area contributed by atoms with E-state index in [-0.39, 0.29) is 5.71 Å². The van der Waals surface area contributed by atoms with Gasteiger partial charge in [-0.3, -0.25) is 9.59 Å². The van der Waals surface area contributed by atoms with Gasteiger partial charge in [-0.05, 0) is 32.0 Å². The monoisotopic (exact) mass is 406 g/mol. The molecule has 0 bridgehead atoms. The number of aliphatic hydroxyl groups is 1. The average molecular weight is 406 g/mol. The number of thiazole rings is 1. The molecule has 0 spiro atoms. The maximum Gasteiger partial charge on any atom is 0.317 e. The second-order valence-corrected chi connectivity index (χ2v) is 7.64. The van der Waals surface area contributed by atoms with E-state index in [1.165, 1.54) is 18.3 Å². The lowest BCUT2D eigenvalue weighted by Gasteiger charge is -2.24. The highest BCUT2D eigenvalue weighted by Crippen LogP contribution is 2.22. The molecule has 2 rings (SSSR count). The van der Waals surface area contributed by atoms with Crippen molar-refractivity contribution in [2.75, 3.05) is 19.4 Å². The minimum Gasteiger partial charge on any atom is -0.488 e. The van der Waals surface area contributed by atoms with E-state index in [0.29, 0.717) is 23.6 Å². The minimum absolute atomic E-state index is 0.109. The maximum atomic E-state index is 12.7.